The fourth-order valence-corrected chi connectivity index (χ4v) is 4.21. The number of para-hydroxylation sites is 1. The van der Waals surface area contributed by atoms with Crippen molar-refractivity contribution in [2.75, 3.05) is 13.3 Å². The van der Waals surface area contributed by atoms with Gasteiger partial charge in [0, 0.05) is 32.6 Å². The summed E-state index contributed by atoms with van der Waals surface area (Å²) < 4.78 is 25.4. The van der Waals surface area contributed by atoms with Crippen LogP contribution in [0.5, 0.6) is 0 Å². The SMILES string of the molecule is CN=C(NCc1ccc(S(C)(=O)=O)c(C)c1)NCc1ccccc1-n1ccc(C)n1.I. The zero-order chi connectivity index (χ0) is 21.7. The molecule has 31 heavy (non-hydrogen) atoms. The predicted octanol–water partition coefficient (Wildman–Crippen LogP) is 3.38. The van der Waals surface area contributed by atoms with Crippen LogP contribution in [0.4, 0.5) is 0 Å². The lowest BCUT2D eigenvalue weighted by atomic mass is 10.1. The van der Waals surface area contributed by atoms with Crippen LogP contribution in [0.2, 0.25) is 0 Å². The second-order valence-corrected chi connectivity index (χ2v) is 9.17. The van der Waals surface area contributed by atoms with Crippen molar-refractivity contribution in [2.24, 2.45) is 4.99 Å². The van der Waals surface area contributed by atoms with Crippen molar-refractivity contribution >= 4 is 39.8 Å². The molecule has 0 saturated carbocycles. The summed E-state index contributed by atoms with van der Waals surface area (Å²) in [4.78, 5) is 4.64. The molecule has 0 aliphatic rings. The van der Waals surface area contributed by atoms with Gasteiger partial charge in [0.05, 0.1) is 16.3 Å². The zero-order valence-corrected chi connectivity index (χ0v) is 21.2. The first-order valence-corrected chi connectivity index (χ1v) is 11.5. The number of hydrogen-bond donors (Lipinski definition) is 2. The molecule has 0 radical (unpaired) electrons. The number of benzene rings is 2. The molecule has 0 aliphatic heterocycles. The van der Waals surface area contributed by atoms with Crippen molar-refractivity contribution in [1.29, 1.82) is 0 Å². The van der Waals surface area contributed by atoms with Crippen LogP contribution >= 0.6 is 24.0 Å². The molecular formula is C22H28IN5O2S. The van der Waals surface area contributed by atoms with E-state index in [9.17, 15) is 8.42 Å². The second-order valence-electron chi connectivity index (χ2n) is 7.18. The summed E-state index contributed by atoms with van der Waals surface area (Å²) in [6, 6.07) is 15.4. The van der Waals surface area contributed by atoms with Crippen LogP contribution in [-0.4, -0.2) is 37.5 Å². The minimum Gasteiger partial charge on any atom is -0.352 e. The normalized spacial score (nSPS) is 11.7. The minimum absolute atomic E-state index is 0. The third-order valence-electron chi connectivity index (χ3n) is 4.73. The Kier molecular flexibility index (Phi) is 8.63. The van der Waals surface area contributed by atoms with E-state index in [1.54, 1.807) is 20.0 Å². The average Bonchev–Trinajstić information content (AvgIpc) is 3.13. The van der Waals surface area contributed by atoms with E-state index in [2.05, 4.69) is 26.8 Å². The lowest BCUT2D eigenvalue weighted by Gasteiger charge is -2.15. The molecule has 0 amide bonds. The number of rotatable bonds is 6. The number of halogens is 1. The third-order valence-corrected chi connectivity index (χ3v) is 5.99. The number of hydrogen-bond acceptors (Lipinski definition) is 4. The van der Waals surface area contributed by atoms with Gasteiger partial charge in [-0.05, 0) is 48.7 Å². The highest BCUT2D eigenvalue weighted by molar-refractivity contribution is 14.0. The lowest BCUT2D eigenvalue weighted by Crippen LogP contribution is -2.36. The van der Waals surface area contributed by atoms with Gasteiger partial charge >= 0.3 is 0 Å². The Balaban J connectivity index is 0.00000341. The van der Waals surface area contributed by atoms with E-state index in [1.807, 2.05) is 54.2 Å². The standard InChI is InChI=1S/C22H27N5O2S.HI/c1-16-13-18(9-10-21(16)30(4,28)29)14-24-22(23-3)25-15-19-7-5-6-8-20(19)27-12-11-17(2)26-27;/h5-13H,14-15H2,1-4H3,(H2,23,24,25);1H. The topological polar surface area (TPSA) is 88.4 Å². The van der Waals surface area contributed by atoms with Crippen LogP contribution in [0, 0.1) is 13.8 Å². The maximum absolute atomic E-state index is 11.8. The van der Waals surface area contributed by atoms with Crippen molar-refractivity contribution in [3.63, 3.8) is 0 Å². The van der Waals surface area contributed by atoms with Gasteiger partial charge in [0.2, 0.25) is 0 Å². The Morgan fingerprint density at radius 1 is 1.06 bits per heavy atom. The number of aromatic nitrogens is 2. The van der Waals surface area contributed by atoms with Crippen molar-refractivity contribution in [3.8, 4) is 5.69 Å². The molecule has 2 N–H and O–H groups in total. The summed E-state index contributed by atoms with van der Waals surface area (Å²) in [5.74, 6) is 0.659. The maximum Gasteiger partial charge on any atom is 0.191 e. The minimum atomic E-state index is -3.21. The molecule has 0 bridgehead atoms. The molecule has 1 aromatic heterocycles. The van der Waals surface area contributed by atoms with E-state index in [0.717, 1.165) is 28.1 Å². The van der Waals surface area contributed by atoms with Crippen LogP contribution in [0.3, 0.4) is 0 Å². The van der Waals surface area contributed by atoms with Gasteiger partial charge in [0.1, 0.15) is 0 Å². The molecule has 3 aromatic rings. The Morgan fingerprint density at radius 2 is 1.77 bits per heavy atom. The molecule has 0 unspecified atom stereocenters. The fraction of sp³-hybridized carbons (Fsp3) is 0.273. The van der Waals surface area contributed by atoms with E-state index in [-0.39, 0.29) is 24.0 Å². The van der Waals surface area contributed by atoms with Gasteiger partial charge in [-0.15, -0.1) is 24.0 Å². The Hall–Kier alpha value is -2.40. The summed E-state index contributed by atoms with van der Waals surface area (Å²) >= 11 is 0. The van der Waals surface area contributed by atoms with E-state index in [0.29, 0.717) is 23.9 Å². The van der Waals surface area contributed by atoms with Crippen LogP contribution in [0.25, 0.3) is 5.69 Å². The first kappa shape index (κ1) is 24.9. The van der Waals surface area contributed by atoms with E-state index < -0.39 is 9.84 Å². The number of aryl methyl sites for hydroxylation is 2. The molecule has 0 aliphatic carbocycles. The number of nitrogens with one attached hydrogen (secondary N) is 2. The summed E-state index contributed by atoms with van der Waals surface area (Å²) in [5, 5.41) is 11.1. The van der Waals surface area contributed by atoms with Gasteiger partial charge in [0.25, 0.3) is 0 Å². The van der Waals surface area contributed by atoms with Gasteiger partial charge in [0.15, 0.2) is 15.8 Å². The summed E-state index contributed by atoms with van der Waals surface area (Å²) in [6.45, 7) is 4.89. The molecule has 0 fully saturated rings. The number of nitrogens with zero attached hydrogens (tertiary/aromatic N) is 3. The van der Waals surface area contributed by atoms with Gasteiger partial charge in [-0.2, -0.15) is 5.10 Å². The third kappa shape index (κ3) is 6.54. The van der Waals surface area contributed by atoms with Crippen LogP contribution in [0.15, 0.2) is 64.6 Å². The molecule has 0 atom stereocenters. The Morgan fingerprint density at radius 3 is 2.39 bits per heavy atom. The van der Waals surface area contributed by atoms with Gasteiger partial charge in [-0.25, -0.2) is 13.1 Å². The van der Waals surface area contributed by atoms with Crippen LogP contribution in [-0.2, 0) is 22.9 Å². The smallest absolute Gasteiger partial charge is 0.191 e. The van der Waals surface area contributed by atoms with Gasteiger partial charge < -0.3 is 10.6 Å². The summed E-state index contributed by atoms with van der Waals surface area (Å²) in [6.07, 6.45) is 3.17. The molecule has 166 valence electrons. The molecule has 0 saturated heterocycles. The molecule has 9 heteroatoms. The van der Waals surface area contributed by atoms with Gasteiger partial charge in [-0.3, -0.25) is 4.99 Å². The predicted molar refractivity (Wildman–Crippen MR) is 135 cm³/mol. The first-order valence-electron chi connectivity index (χ1n) is 9.62. The highest BCUT2D eigenvalue weighted by Crippen LogP contribution is 2.17. The summed E-state index contributed by atoms with van der Waals surface area (Å²) in [7, 11) is -1.50. The van der Waals surface area contributed by atoms with E-state index >= 15 is 0 Å². The highest BCUT2D eigenvalue weighted by atomic mass is 127. The first-order chi connectivity index (χ1) is 14.3. The van der Waals surface area contributed by atoms with Crippen LogP contribution in [0.1, 0.15) is 22.4 Å². The zero-order valence-electron chi connectivity index (χ0n) is 18.1. The van der Waals surface area contributed by atoms with Crippen molar-refractivity contribution in [3.05, 3.63) is 77.1 Å². The fourth-order valence-electron chi connectivity index (χ4n) is 3.26. The summed E-state index contributed by atoms with van der Waals surface area (Å²) in [5.41, 5.74) is 4.79. The van der Waals surface area contributed by atoms with Crippen molar-refractivity contribution < 1.29 is 8.42 Å². The molecule has 2 aromatic carbocycles. The average molecular weight is 553 g/mol. The monoisotopic (exact) mass is 553 g/mol. The van der Waals surface area contributed by atoms with Crippen molar-refractivity contribution in [1.82, 2.24) is 20.4 Å². The second kappa shape index (κ2) is 10.8. The quantitative estimate of drug-likeness (QED) is 0.278. The molecular weight excluding hydrogens is 525 g/mol. The molecule has 7 nitrogen and oxygen atoms in total. The number of guanidine groups is 1. The molecule has 0 spiro atoms. The molecule has 1 heterocycles. The van der Waals surface area contributed by atoms with Gasteiger partial charge in [-0.1, -0.05) is 30.3 Å². The number of sulfone groups is 1. The molecule has 3 rings (SSSR count). The van der Waals surface area contributed by atoms with E-state index in [4.69, 9.17) is 0 Å². The maximum atomic E-state index is 11.8. The Labute approximate surface area is 200 Å². The largest absolute Gasteiger partial charge is 0.352 e. The van der Waals surface area contributed by atoms with Crippen molar-refractivity contribution in [2.45, 2.75) is 31.8 Å². The lowest BCUT2D eigenvalue weighted by molar-refractivity contribution is 0.601. The van der Waals surface area contributed by atoms with Crippen LogP contribution < -0.4 is 10.6 Å². The number of aliphatic imine (C=N–C) groups is 1. The Bertz CT molecular complexity index is 1170. The van der Waals surface area contributed by atoms with E-state index in [1.165, 1.54) is 6.26 Å². The highest BCUT2D eigenvalue weighted by Gasteiger charge is 2.11.